The van der Waals surface area contributed by atoms with E-state index in [1.54, 1.807) is 0 Å². The van der Waals surface area contributed by atoms with Crippen molar-refractivity contribution >= 4 is 40.4 Å². The van der Waals surface area contributed by atoms with Crippen LogP contribution in [0.3, 0.4) is 0 Å². The Labute approximate surface area is 188 Å². The smallest absolute Gasteiger partial charge is 0.0459 e. The molecule has 5 heteroatoms. The van der Waals surface area contributed by atoms with Gasteiger partial charge in [-0.25, -0.2) is 0 Å². The van der Waals surface area contributed by atoms with Gasteiger partial charge in [0.15, 0.2) is 0 Å². The summed E-state index contributed by atoms with van der Waals surface area (Å²) >= 11 is 19.0. The molecule has 0 bridgehead atoms. The lowest BCUT2D eigenvalue weighted by Gasteiger charge is -2.35. The van der Waals surface area contributed by atoms with Crippen LogP contribution in [-0.4, -0.2) is 49.6 Å². The van der Waals surface area contributed by atoms with Crippen molar-refractivity contribution < 1.29 is 0 Å². The Morgan fingerprint density at radius 2 is 1.59 bits per heavy atom. The minimum Gasteiger partial charge on any atom is -0.304 e. The molecule has 0 N–H and O–H groups in total. The van der Waals surface area contributed by atoms with Crippen LogP contribution in [0.25, 0.3) is 5.57 Å². The zero-order valence-electron chi connectivity index (χ0n) is 16.5. The molecule has 0 radical (unpaired) electrons. The van der Waals surface area contributed by atoms with Gasteiger partial charge < -0.3 is 4.90 Å². The molecule has 1 unspecified atom stereocenters. The van der Waals surface area contributed by atoms with Crippen LogP contribution in [0.15, 0.2) is 60.2 Å². The fraction of sp³-hybridized carbons (Fsp3) is 0.333. The van der Waals surface area contributed by atoms with Crippen LogP contribution in [-0.2, 0) is 0 Å². The summed E-state index contributed by atoms with van der Waals surface area (Å²) in [6, 6.07) is 14.0. The normalized spacial score (nSPS) is 21.0. The summed E-state index contributed by atoms with van der Waals surface area (Å²) in [5, 5.41) is 2.14. The molecule has 1 saturated heterocycles. The Morgan fingerprint density at radius 1 is 0.897 bits per heavy atom. The van der Waals surface area contributed by atoms with E-state index < -0.39 is 0 Å². The van der Waals surface area contributed by atoms with Crippen molar-refractivity contribution in [2.24, 2.45) is 0 Å². The van der Waals surface area contributed by atoms with Gasteiger partial charge in [0.05, 0.1) is 0 Å². The summed E-state index contributed by atoms with van der Waals surface area (Å²) in [6.45, 7) is 5.35. The molecule has 0 spiro atoms. The number of hydrogen-bond donors (Lipinski definition) is 0. The minimum atomic E-state index is 0.202. The van der Waals surface area contributed by atoms with E-state index in [1.807, 2.05) is 24.3 Å². The maximum Gasteiger partial charge on any atom is 0.0459 e. The largest absolute Gasteiger partial charge is 0.304 e. The summed E-state index contributed by atoms with van der Waals surface area (Å²) in [6.07, 6.45) is 5.49. The van der Waals surface area contributed by atoms with Crippen LogP contribution in [0.4, 0.5) is 0 Å². The highest BCUT2D eigenvalue weighted by Crippen LogP contribution is 2.43. The number of hydrogen-bond acceptors (Lipinski definition) is 2. The average Bonchev–Trinajstić information content (AvgIpc) is 2.71. The third kappa shape index (κ3) is 4.90. The van der Waals surface area contributed by atoms with Crippen molar-refractivity contribution in [2.45, 2.75) is 12.3 Å². The molecule has 152 valence electrons. The van der Waals surface area contributed by atoms with Gasteiger partial charge in [0.1, 0.15) is 0 Å². The molecular weight excluding hydrogens is 423 g/mol. The Morgan fingerprint density at radius 3 is 2.28 bits per heavy atom. The van der Waals surface area contributed by atoms with E-state index in [4.69, 9.17) is 34.8 Å². The van der Waals surface area contributed by atoms with Gasteiger partial charge in [-0.1, -0.05) is 65.2 Å². The van der Waals surface area contributed by atoms with Crippen molar-refractivity contribution in [3.05, 3.63) is 86.4 Å². The standard InChI is InChI=1S/C24H25Cl3N2/c1-28-11-13-29(14-12-28)16-18-3-2-4-22(21-10-9-20(26)15-23(21)27)24(18)17-5-7-19(25)8-6-17/h2-3,5-10,15,22H,4,11-14,16H2,1H3. The topological polar surface area (TPSA) is 6.48 Å². The second-order valence-corrected chi connectivity index (χ2v) is 9.16. The van der Waals surface area contributed by atoms with Crippen molar-refractivity contribution in [3.8, 4) is 0 Å². The quantitative estimate of drug-likeness (QED) is 0.535. The molecule has 2 nitrogen and oxygen atoms in total. The summed E-state index contributed by atoms with van der Waals surface area (Å²) in [4.78, 5) is 4.93. The third-order valence-electron chi connectivity index (χ3n) is 5.87. The van der Waals surface area contributed by atoms with Gasteiger partial charge in [0.2, 0.25) is 0 Å². The lowest BCUT2D eigenvalue weighted by Crippen LogP contribution is -2.45. The molecule has 1 aliphatic heterocycles. The first kappa shape index (κ1) is 21.0. The summed E-state index contributed by atoms with van der Waals surface area (Å²) in [5.41, 5.74) is 5.03. The highest BCUT2D eigenvalue weighted by molar-refractivity contribution is 6.35. The lowest BCUT2D eigenvalue weighted by atomic mass is 9.78. The first-order chi connectivity index (χ1) is 14.0. The fourth-order valence-corrected chi connectivity index (χ4v) is 4.91. The van der Waals surface area contributed by atoms with E-state index in [0.29, 0.717) is 5.02 Å². The Kier molecular flexibility index (Phi) is 6.68. The van der Waals surface area contributed by atoms with Crippen LogP contribution < -0.4 is 0 Å². The average molecular weight is 448 g/mol. The molecule has 0 saturated carbocycles. The number of halogens is 3. The van der Waals surface area contributed by atoms with Gasteiger partial charge in [-0.2, -0.15) is 0 Å². The molecule has 2 aromatic carbocycles. The first-order valence-electron chi connectivity index (χ1n) is 10.0. The van der Waals surface area contributed by atoms with Gasteiger partial charge >= 0.3 is 0 Å². The van der Waals surface area contributed by atoms with Gasteiger partial charge in [-0.15, -0.1) is 0 Å². The van der Waals surface area contributed by atoms with Gasteiger partial charge in [0.25, 0.3) is 0 Å². The zero-order valence-corrected chi connectivity index (χ0v) is 18.8. The molecule has 1 heterocycles. The number of benzene rings is 2. The third-order valence-corrected chi connectivity index (χ3v) is 6.68. The van der Waals surface area contributed by atoms with Crippen LogP contribution in [0.1, 0.15) is 23.5 Å². The van der Waals surface area contributed by atoms with E-state index in [-0.39, 0.29) is 5.92 Å². The molecule has 0 amide bonds. The Balaban J connectivity index is 1.75. The predicted octanol–water partition coefficient (Wildman–Crippen LogP) is 6.39. The zero-order chi connectivity index (χ0) is 20.4. The maximum absolute atomic E-state index is 6.63. The van der Waals surface area contributed by atoms with Crippen molar-refractivity contribution in [2.75, 3.05) is 39.8 Å². The van der Waals surface area contributed by atoms with Gasteiger partial charge in [-0.3, -0.25) is 4.90 Å². The maximum atomic E-state index is 6.63. The predicted molar refractivity (Wildman–Crippen MR) is 125 cm³/mol. The van der Waals surface area contributed by atoms with Crippen LogP contribution in [0, 0.1) is 0 Å². The summed E-state index contributed by atoms with van der Waals surface area (Å²) < 4.78 is 0. The highest BCUT2D eigenvalue weighted by atomic mass is 35.5. The van der Waals surface area contributed by atoms with Crippen molar-refractivity contribution in [3.63, 3.8) is 0 Å². The fourth-order valence-electron chi connectivity index (χ4n) is 4.25. The molecular formula is C24H25Cl3N2. The molecule has 2 aliphatic rings. The van der Waals surface area contributed by atoms with E-state index in [9.17, 15) is 0 Å². The SMILES string of the molecule is CN1CCN(CC2=C(c3ccc(Cl)cc3)C(c3ccc(Cl)cc3Cl)CC=C2)CC1. The molecule has 29 heavy (non-hydrogen) atoms. The van der Waals surface area contributed by atoms with Gasteiger partial charge in [-0.05, 0) is 60.0 Å². The molecule has 1 aliphatic carbocycles. The second kappa shape index (κ2) is 9.24. The van der Waals surface area contributed by atoms with Gasteiger partial charge in [0, 0.05) is 53.7 Å². The monoisotopic (exact) mass is 446 g/mol. The van der Waals surface area contributed by atoms with Crippen molar-refractivity contribution in [1.29, 1.82) is 0 Å². The second-order valence-electron chi connectivity index (χ2n) is 7.88. The number of allylic oxidation sites excluding steroid dienone is 2. The number of rotatable bonds is 4. The summed E-state index contributed by atoms with van der Waals surface area (Å²) in [7, 11) is 2.19. The van der Waals surface area contributed by atoms with Crippen LogP contribution in [0.5, 0.6) is 0 Å². The molecule has 0 aromatic heterocycles. The van der Waals surface area contributed by atoms with Crippen LogP contribution >= 0.6 is 34.8 Å². The Bertz CT molecular complexity index is 926. The highest BCUT2D eigenvalue weighted by Gasteiger charge is 2.26. The van der Waals surface area contributed by atoms with E-state index in [0.717, 1.165) is 54.8 Å². The molecule has 1 atom stereocenters. The molecule has 4 rings (SSSR count). The number of piperazine rings is 1. The Hall–Kier alpha value is -1.29. The van der Waals surface area contributed by atoms with E-state index >= 15 is 0 Å². The molecule has 1 fully saturated rings. The lowest BCUT2D eigenvalue weighted by molar-refractivity contribution is 0.164. The molecule has 2 aromatic rings. The van der Waals surface area contributed by atoms with Crippen LogP contribution in [0.2, 0.25) is 15.1 Å². The number of nitrogens with zero attached hydrogens (tertiary/aromatic N) is 2. The summed E-state index contributed by atoms with van der Waals surface area (Å²) in [5.74, 6) is 0.202. The van der Waals surface area contributed by atoms with E-state index in [1.165, 1.54) is 16.7 Å². The minimum absolute atomic E-state index is 0.202. The first-order valence-corrected chi connectivity index (χ1v) is 11.2. The van der Waals surface area contributed by atoms with Crippen molar-refractivity contribution in [1.82, 2.24) is 9.80 Å². The number of likely N-dealkylation sites (N-methyl/N-ethyl adjacent to an activating group) is 1. The van der Waals surface area contributed by atoms with E-state index in [2.05, 4.69) is 47.2 Å².